The first-order valence-electron chi connectivity index (χ1n) is 7.21. The van der Waals surface area contributed by atoms with Crippen LogP contribution in [0.4, 0.5) is 0 Å². The molecule has 1 aromatic rings. The van der Waals surface area contributed by atoms with Gasteiger partial charge >= 0.3 is 5.97 Å². The van der Waals surface area contributed by atoms with Gasteiger partial charge in [0.1, 0.15) is 6.04 Å². The first-order chi connectivity index (χ1) is 10.5. The summed E-state index contributed by atoms with van der Waals surface area (Å²) in [5.41, 5.74) is 7.05. The summed E-state index contributed by atoms with van der Waals surface area (Å²) in [7, 11) is 1.69. The molecule has 7 heteroatoms. The van der Waals surface area contributed by atoms with Gasteiger partial charge in [0.15, 0.2) is 0 Å². The van der Waals surface area contributed by atoms with E-state index in [0.717, 1.165) is 5.56 Å². The third-order valence-corrected chi connectivity index (χ3v) is 4.09. The lowest BCUT2D eigenvalue weighted by molar-refractivity contribution is -0.138. The van der Waals surface area contributed by atoms with Crippen molar-refractivity contribution in [1.82, 2.24) is 15.8 Å². The van der Waals surface area contributed by atoms with Crippen molar-refractivity contribution in [2.45, 2.75) is 31.3 Å². The number of aliphatic carboxylic acids is 1. The summed E-state index contributed by atoms with van der Waals surface area (Å²) >= 11 is 6.17. The lowest BCUT2D eigenvalue weighted by Crippen LogP contribution is -2.44. The van der Waals surface area contributed by atoms with Crippen molar-refractivity contribution in [3.05, 3.63) is 34.9 Å². The molecule has 3 N–H and O–H groups in total. The number of hydrogen-bond acceptors (Lipinski definition) is 4. The van der Waals surface area contributed by atoms with Gasteiger partial charge in [0.25, 0.3) is 0 Å². The van der Waals surface area contributed by atoms with E-state index in [1.165, 1.54) is 0 Å². The molecule has 2 atom stereocenters. The van der Waals surface area contributed by atoms with Crippen LogP contribution in [-0.2, 0) is 9.59 Å². The zero-order chi connectivity index (χ0) is 16.1. The Balaban J connectivity index is 1.88. The Morgan fingerprint density at radius 3 is 2.77 bits per heavy atom. The Morgan fingerprint density at radius 2 is 2.09 bits per heavy atom. The number of nitrogens with one attached hydrogen (secondary N) is 2. The molecular formula is C15H20ClN3O3. The van der Waals surface area contributed by atoms with Gasteiger partial charge in [-0.25, -0.2) is 10.9 Å². The lowest BCUT2D eigenvalue weighted by Gasteiger charge is -2.20. The van der Waals surface area contributed by atoms with E-state index in [4.69, 9.17) is 16.7 Å². The fourth-order valence-electron chi connectivity index (χ4n) is 2.52. The number of hydrogen-bond donors (Lipinski definition) is 3. The molecule has 1 fully saturated rings. The molecule has 1 aliphatic heterocycles. The molecule has 1 heterocycles. The van der Waals surface area contributed by atoms with Gasteiger partial charge in [0.2, 0.25) is 5.91 Å². The van der Waals surface area contributed by atoms with Crippen LogP contribution in [0.5, 0.6) is 0 Å². The average molecular weight is 326 g/mol. The van der Waals surface area contributed by atoms with Crippen LogP contribution < -0.4 is 10.9 Å². The van der Waals surface area contributed by atoms with Crippen LogP contribution in [0.15, 0.2) is 24.3 Å². The van der Waals surface area contributed by atoms with Gasteiger partial charge in [-0.1, -0.05) is 29.8 Å². The second-order valence-corrected chi connectivity index (χ2v) is 5.82. The Labute approximate surface area is 134 Å². The average Bonchev–Trinajstić information content (AvgIpc) is 2.96. The predicted octanol–water partition coefficient (Wildman–Crippen LogP) is 1.57. The molecule has 1 amide bonds. The number of carbonyl (C=O) groups excluding carboxylic acids is 1. The lowest BCUT2D eigenvalue weighted by atomic mass is 10.0. The van der Waals surface area contributed by atoms with E-state index >= 15 is 0 Å². The summed E-state index contributed by atoms with van der Waals surface area (Å²) in [4.78, 5) is 24.4. The van der Waals surface area contributed by atoms with Crippen LogP contribution in [0.2, 0.25) is 5.02 Å². The summed E-state index contributed by atoms with van der Waals surface area (Å²) in [5.74, 6) is -0.896. The maximum absolute atomic E-state index is 12.3. The standard InChI is InChI=1S/C15H20ClN3O3/c1-19(8-4-7-14(20)21)15(22)13-9-12(17-18-13)10-5-2-3-6-11(10)16/h2-3,5-6,12-13,17-18H,4,7-9H2,1H3,(H,20,21). The molecule has 0 saturated carbocycles. The van der Waals surface area contributed by atoms with E-state index in [0.29, 0.717) is 24.4 Å². The quantitative estimate of drug-likeness (QED) is 0.739. The first kappa shape index (κ1) is 16.7. The Bertz CT molecular complexity index is 553. The van der Waals surface area contributed by atoms with E-state index in [9.17, 15) is 9.59 Å². The van der Waals surface area contributed by atoms with Gasteiger partial charge in [0.05, 0.1) is 0 Å². The van der Waals surface area contributed by atoms with Crippen molar-refractivity contribution < 1.29 is 14.7 Å². The zero-order valence-corrected chi connectivity index (χ0v) is 13.1. The molecule has 22 heavy (non-hydrogen) atoms. The molecule has 0 spiro atoms. The molecular weight excluding hydrogens is 306 g/mol. The van der Waals surface area contributed by atoms with Crippen LogP contribution in [0, 0.1) is 0 Å². The highest BCUT2D eigenvalue weighted by Gasteiger charge is 2.32. The highest BCUT2D eigenvalue weighted by molar-refractivity contribution is 6.31. The Morgan fingerprint density at radius 1 is 1.36 bits per heavy atom. The van der Waals surface area contributed by atoms with E-state index in [1.54, 1.807) is 11.9 Å². The van der Waals surface area contributed by atoms with Crippen molar-refractivity contribution in [3.8, 4) is 0 Å². The maximum Gasteiger partial charge on any atom is 0.303 e. The fourth-order valence-corrected chi connectivity index (χ4v) is 2.79. The van der Waals surface area contributed by atoms with Gasteiger partial charge in [0, 0.05) is 31.1 Å². The van der Waals surface area contributed by atoms with Crippen LogP contribution in [0.3, 0.4) is 0 Å². The molecule has 1 aromatic carbocycles. The number of nitrogens with zero attached hydrogens (tertiary/aromatic N) is 1. The Kier molecular flexibility index (Phi) is 5.76. The first-order valence-corrected chi connectivity index (χ1v) is 7.59. The minimum absolute atomic E-state index is 0.0185. The highest BCUT2D eigenvalue weighted by atomic mass is 35.5. The second-order valence-electron chi connectivity index (χ2n) is 5.41. The normalized spacial score (nSPS) is 20.8. The largest absolute Gasteiger partial charge is 0.481 e. The highest BCUT2D eigenvalue weighted by Crippen LogP contribution is 2.28. The van der Waals surface area contributed by atoms with Crippen LogP contribution in [0.25, 0.3) is 0 Å². The minimum Gasteiger partial charge on any atom is -0.481 e. The summed E-state index contributed by atoms with van der Waals surface area (Å²) < 4.78 is 0. The van der Waals surface area contributed by atoms with Crippen LogP contribution in [0.1, 0.15) is 30.9 Å². The van der Waals surface area contributed by atoms with Crippen molar-refractivity contribution >= 4 is 23.5 Å². The van der Waals surface area contributed by atoms with Crippen molar-refractivity contribution in [2.24, 2.45) is 0 Å². The third kappa shape index (κ3) is 4.19. The molecule has 2 unspecified atom stereocenters. The molecule has 0 aromatic heterocycles. The summed E-state index contributed by atoms with van der Waals surface area (Å²) in [6.45, 7) is 0.431. The van der Waals surface area contributed by atoms with Gasteiger partial charge in [-0.2, -0.15) is 0 Å². The number of carboxylic acid groups (broad SMARTS) is 1. The van der Waals surface area contributed by atoms with Crippen molar-refractivity contribution in [1.29, 1.82) is 0 Å². The number of carbonyl (C=O) groups is 2. The zero-order valence-electron chi connectivity index (χ0n) is 12.4. The van der Waals surface area contributed by atoms with E-state index < -0.39 is 5.97 Å². The summed E-state index contributed by atoms with van der Waals surface area (Å²) in [6, 6.07) is 7.19. The molecule has 1 aliphatic rings. The number of likely N-dealkylation sites (N-methyl/N-ethyl adjacent to an activating group) is 1. The minimum atomic E-state index is -0.847. The second kappa shape index (κ2) is 7.58. The third-order valence-electron chi connectivity index (χ3n) is 3.74. The molecule has 2 rings (SSSR count). The van der Waals surface area contributed by atoms with E-state index in [1.807, 2.05) is 24.3 Å². The van der Waals surface area contributed by atoms with Gasteiger partial charge < -0.3 is 10.0 Å². The van der Waals surface area contributed by atoms with Gasteiger partial charge in [-0.15, -0.1) is 0 Å². The number of hydrazine groups is 1. The van der Waals surface area contributed by atoms with E-state index in [-0.39, 0.29) is 24.4 Å². The smallest absolute Gasteiger partial charge is 0.303 e. The van der Waals surface area contributed by atoms with Gasteiger partial charge in [-0.05, 0) is 24.5 Å². The molecule has 0 bridgehead atoms. The van der Waals surface area contributed by atoms with Crippen molar-refractivity contribution in [2.75, 3.05) is 13.6 Å². The maximum atomic E-state index is 12.3. The molecule has 120 valence electrons. The monoisotopic (exact) mass is 325 g/mol. The number of carboxylic acids is 1. The van der Waals surface area contributed by atoms with Crippen LogP contribution in [-0.4, -0.2) is 41.5 Å². The Hall–Kier alpha value is -1.63. The molecule has 0 radical (unpaired) electrons. The predicted molar refractivity (Wildman–Crippen MR) is 83.4 cm³/mol. The van der Waals surface area contributed by atoms with Crippen molar-refractivity contribution in [3.63, 3.8) is 0 Å². The molecule has 0 aliphatic carbocycles. The number of rotatable bonds is 6. The fraction of sp³-hybridized carbons (Fsp3) is 0.467. The SMILES string of the molecule is CN(CCCC(=O)O)C(=O)C1CC(c2ccccc2Cl)NN1. The topological polar surface area (TPSA) is 81.7 Å². The number of benzene rings is 1. The van der Waals surface area contributed by atoms with Gasteiger partial charge in [-0.3, -0.25) is 9.59 Å². The molecule has 6 nitrogen and oxygen atoms in total. The number of halogens is 1. The number of amides is 1. The molecule has 1 saturated heterocycles. The van der Waals surface area contributed by atoms with Crippen LogP contribution >= 0.6 is 11.6 Å². The summed E-state index contributed by atoms with van der Waals surface area (Å²) in [6.07, 6.45) is 1.12. The summed E-state index contributed by atoms with van der Waals surface area (Å²) in [5, 5.41) is 9.30. The van der Waals surface area contributed by atoms with E-state index in [2.05, 4.69) is 10.9 Å².